The molecule has 1 saturated carbocycles. The predicted molar refractivity (Wildman–Crippen MR) is 61.7 cm³/mol. The number of rotatable bonds is 3. The summed E-state index contributed by atoms with van der Waals surface area (Å²) in [4.78, 5) is 0. The molecular formula is C11H15ClN2. The first-order valence-corrected chi connectivity index (χ1v) is 5.40. The molecule has 1 aromatic rings. The summed E-state index contributed by atoms with van der Waals surface area (Å²) in [7, 11) is 0. The molecule has 0 aromatic heterocycles. The van der Waals surface area contributed by atoms with Crippen LogP contribution in [0, 0.1) is 5.92 Å². The van der Waals surface area contributed by atoms with Crippen LogP contribution in [0.3, 0.4) is 0 Å². The Bertz CT molecular complexity index is 338. The first kappa shape index (κ1) is 9.66. The second-order valence-corrected chi connectivity index (χ2v) is 4.32. The van der Waals surface area contributed by atoms with Crippen LogP contribution in [0.1, 0.15) is 19.8 Å². The molecule has 2 unspecified atom stereocenters. The van der Waals surface area contributed by atoms with E-state index in [9.17, 15) is 0 Å². The van der Waals surface area contributed by atoms with E-state index in [1.54, 1.807) is 0 Å². The Kier molecular flexibility index (Phi) is 2.55. The molecule has 1 fully saturated rings. The van der Waals surface area contributed by atoms with Crippen LogP contribution < -0.4 is 11.1 Å². The lowest BCUT2D eigenvalue weighted by atomic mass is 10.2. The fourth-order valence-electron chi connectivity index (χ4n) is 1.73. The molecule has 0 heterocycles. The first-order valence-electron chi connectivity index (χ1n) is 5.02. The van der Waals surface area contributed by atoms with Gasteiger partial charge in [0, 0.05) is 11.1 Å². The molecule has 2 nitrogen and oxygen atoms in total. The van der Waals surface area contributed by atoms with E-state index >= 15 is 0 Å². The molecule has 2 rings (SSSR count). The maximum Gasteiger partial charge on any atom is 0.0591 e. The molecule has 76 valence electrons. The van der Waals surface area contributed by atoms with E-state index in [4.69, 9.17) is 17.3 Å². The predicted octanol–water partition coefficient (Wildman–Crippen LogP) is 3.13. The Morgan fingerprint density at radius 1 is 1.57 bits per heavy atom. The summed E-state index contributed by atoms with van der Waals surface area (Å²) in [6.45, 7) is 2.22. The Labute approximate surface area is 89.4 Å². The van der Waals surface area contributed by atoms with Crippen LogP contribution >= 0.6 is 11.6 Å². The summed E-state index contributed by atoms with van der Waals surface area (Å²) in [5, 5.41) is 4.15. The molecule has 2 atom stereocenters. The number of nitrogens with one attached hydrogen (secondary N) is 1. The van der Waals surface area contributed by atoms with Crippen molar-refractivity contribution >= 4 is 23.0 Å². The van der Waals surface area contributed by atoms with E-state index in [0.29, 0.717) is 6.04 Å². The van der Waals surface area contributed by atoms with Gasteiger partial charge in [0.15, 0.2) is 0 Å². The van der Waals surface area contributed by atoms with Gasteiger partial charge in [-0.15, -0.1) is 0 Å². The van der Waals surface area contributed by atoms with Crippen molar-refractivity contribution in [2.24, 2.45) is 5.92 Å². The van der Waals surface area contributed by atoms with Gasteiger partial charge in [0.05, 0.1) is 11.4 Å². The maximum absolute atomic E-state index is 5.90. The van der Waals surface area contributed by atoms with Crippen molar-refractivity contribution in [3.05, 3.63) is 23.2 Å². The second kappa shape index (κ2) is 3.70. The van der Waals surface area contributed by atoms with Crippen molar-refractivity contribution in [2.75, 3.05) is 11.1 Å². The van der Waals surface area contributed by atoms with Crippen LogP contribution in [0.25, 0.3) is 0 Å². The summed E-state index contributed by atoms with van der Waals surface area (Å²) in [5.41, 5.74) is 7.58. The van der Waals surface area contributed by atoms with Crippen molar-refractivity contribution < 1.29 is 0 Å². The lowest BCUT2D eigenvalue weighted by Gasteiger charge is -2.08. The Morgan fingerprint density at radius 2 is 2.36 bits per heavy atom. The van der Waals surface area contributed by atoms with E-state index in [2.05, 4.69) is 12.2 Å². The summed E-state index contributed by atoms with van der Waals surface area (Å²) in [6.07, 6.45) is 2.49. The van der Waals surface area contributed by atoms with E-state index in [-0.39, 0.29) is 0 Å². The minimum atomic E-state index is 0.598. The molecule has 0 saturated heterocycles. The highest BCUT2D eigenvalue weighted by atomic mass is 35.5. The van der Waals surface area contributed by atoms with Gasteiger partial charge in [0.1, 0.15) is 0 Å². The molecule has 0 aliphatic heterocycles. The largest absolute Gasteiger partial charge is 0.397 e. The normalized spacial score (nSPS) is 24.7. The maximum atomic E-state index is 5.90. The van der Waals surface area contributed by atoms with Crippen LogP contribution in [0.2, 0.25) is 5.02 Å². The first-order chi connectivity index (χ1) is 6.70. The zero-order chi connectivity index (χ0) is 10.1. The molecule has 1 aromatic carbocycles. The molecule has 0 bridgehead atoms. The van der Waals surface area contributed by atoms with Gasteiger partial charge >= 0.3 is 0 Å². The average molecular weight is 211 g/mol. The molecule has 0 radical (unpaired) electrons. The number of nitrogens with two attached hydrogens (primary N) is 1. The van der Waals surface area contributed by atoms with E-state index in [1.165, 1.54) is 12.8 Å². The van der Waals surface area contributed by atoms with Gasteiger partial charge < -0.3 is 11.1 Å². The third-order valence-electron chi connectivity index (χ3n) is 2.80. The van der Waals surface area contributed by atoms with E-state index in [1.807, 2.05) is 18.2 Å². The monoisotopic (exact) mass is 210 g/mol. The second-order valence-electron chi connectivity index (χ2n) is 3.89. The zero-order valence-electron chi connectivity index (χ0n) is 8.26. The molecule has 0 amide bonds. The van der Waals surface area contributed by atoms with E-state index in [0.717, 1.165) is 22.3 Å². The summed E-state index contributed by atoms with van der Waals surface area (Å²) in [6, 6.07) is 6.14. The number of hydrogen-bond donors (Lipinski definition) is 2. The number of nitrogen functional groups attached to an aromatic ring is 1. The number of anilines is 2. The van der Waals surface area contributed by atoms with Crippen molar-refractivity contribution in [3.63, 3.8) is 0 Å². The summed E-state index contributed by atoms with van der Waals surface area (Å²) in [5.74, 6) is 0.813. The van der Waals surface area contributed by atoms with Gasteiger partial charge in [-0.05, 0) is 30.5 Å². The number of benzene rings is 1. The quantitative estimate of drug-likeness (QED) is 0.753. The van der Waals surface area contributed by atoms with Gasteiger partial charge in [0.2, 0.25) is 0 Å². The topological polar surface area (TPSA) is 38.0 Å². The standard InChI is InChI=1S/C11H15ClN2/c1-2-7-5-10(7)14-11-6-8(12)3-4-9(11)13/h3-4,6-7,10,14H,2,5,13H2,1H3. The highest BCUT2D eigenvalue weighted by Gasteiger charge is 2.35. The van der Waals surface area contributed by atoms with Crippen molar-refractivity contribution in [1.29, 1.82) is 0 Å². The number of hydrogen-bond acceptors (Lipinski definition) is 2. The van der Waals surface area contributed by atoms with Crippen LogP contribution in [-0.2, 0) is 0 Å². The fraction of sp³-hybridized carbons (Fsp3) is 0.455. The Morgan fingerprint density at radius 3 is 3.00 bits per heavy atom. The van der Waals surface area contributed by atoms with Crippen molar-refractivity contribution in [3.8, 4) is 0 Å². The van der Waals surface area contributed by atoms with E-state index < -0.39 is 0 Å². The van der Waals surface area contributed by atoms with Gasteiger partial charge in [-0.3, -0.25) is 0 Å². The molecule has 3 N–H and O–H groups in total. The lowest BCUT2D eigenvalue weighted by Crippen LogP contribution is -2.06. The van der Waals surface area contributed by atoms with Crippen LogP contribution in [-0.4, -0.2) is 6.04 Å². The van der Waals surface area contributed by atoms with Gasteiger partial charge in [0.25, 0.3) is 0 Å². The Balaban J connectivity index is 2.06. The highest BCUT2D eigenvalue weighted by molar-refractivity contribution is 6.31. The van der Waals surface area contributed by atoms with Crippen molar-refractivity contribution in [1.82, 2.24) is 0 Å². The van der Waals surface area contributed by atoms with Gasteiger partial charge in [-0.1, -0.05) is 24.9 Å². The molecule has 3 heteroatoms. The van der Waals surface area contributed by atoms with Crippen LogP contribution in [0.4, 0.5) is 11.4 Å². The van der Waals surface area contributed by atoms with Crippen molar-refractivity contribution in [2.45, 2.75) is 25.8 Å². The highest BCUT2D eigenvalue weighted by Crippen LogP contribution is 2.37. The average Bonchev–Trinajstić information content (AvgIpc) is 2.90. The fourth-order valence-corrected chi connectivity index (χ4v) is 1.90. The third kappa shape index (κ3) is 1.95. The minimum absolute atomic E-state index is 0.598. The SMILES string of the molecule is CCC1CC1Nc1cc(Cl)ccc1N. The molecule has 0 spiro atoms. The molecular weight excluding hydrogens is 196 g/mol. The zero-order valence-corrected chi connectivity index (χ0v) is 9.01. The minimum Gasteiger partial charge on any atom is -0.397 e. The smallest absolute Gasteiger partial charge is 0.0591 e. The van der Waals surface area contributed by atoms with Gasteiger partial charge in [-0.25, -0.2) is 0 Å². The van der Waals surface area contributed by atoms with Crippen LogP contribution in [0.15, 0.2) is 18.2 Å². The number of halogens is 1. The molecule has 1 aliphatic carbocycles. The van der Waals surface area contributed by atoms with Crippen LogP contribution in [0.5, 0.6) is 0 Å². The molecule has 14 heavy (non-hydrogen) atoms. The van der Waals surface area contributed by atoms with Gasteiger partial charge in [-0.2, -0.15) is 0 Å². The lowest BCUT2D eigenvalue weighted by molar-refractivity contribution is 0.775. The summed E-state index contributed by atoms with van der Waals surface area (Å²) >= 11 is 5.90. The summed E-state index contributed by atoms with van der Waals surface area (Å²) < 4.78 is 0. The third-order valence-corrected chi connectivity index (χ3v) is 3.04. The molecule has 1 aliphatic rings. The Hall–Kier alpha value is -0.890.